The summed E-state index contributed by atoms with van der Waals surface area (Å²) in [4.78, 5) is 0. The highest BCUT2D eigenvalue weighted by Gasteiger charge is 2.10. The average molecular weight is 145 g/mol. The molecule has 0 aromatic carbocycles. The smallest absolute Gasteiger partial charge is 0.510 e. The standard InChI is InChI=1S/C3H4BNO3S/c6-4(7)8-3-1-5-9-2-3/h1-2,6-7H. The molecule has 0 amide bonds. The van der Waals surface area contributed by atoms with Crippen LogP contribution in [0.15, 0.2) is 11.6 Å². The van der Waals surface area contributed by atoms with Crippen molar-refractivity contribution >= 4 is 18.9 Å². The molecule has 0 fully saturated rings. The molecule has 0 radical (unpaired) electrons. The molecule has 1 aromatic rings. The van der Waals surface area contributed by atoms with Crippen molar-refractivity contribution in [3.05, 3.63) is 11.6 Å². The molecule has 0 atom stereocenters. The van der Waals surface area contributed by atoms with E-state index < -0.39 is 7.32 Å². The highest BCUT2D eigenvalue weighted by molar-refractivity contribution is 7.03. The van der Waals surface area contributed by atoms with Gasteiger partial charge in [-0.3, -0.25) is 0 Å². The molecule has 0 aliphatic heterocycles. The molecule has 0 bridgehead atoms. The second kappa shape index (κ2) is 2.81. The molecule has 0 saturated heterocycles. The molecule has 1 aromatic heterocycles. The minimum absolute atomic E-state index is 0.370. The summed E-state index contributed by atoms with van der Waals surface area (Å²) in [6.07, 6.45) is 1.41. The van der Waals surface area contributed by atoms with Crippen LogP contribution >= 0.6 is 11.5 Å². The molecule has 0 aliphatic rings. The van der Waals surface area contributed by atoms with E-state index in [0.29, 0.717) is 5.75 Å². The Kier molecular flexibility index (Phi) is 2.04. The van der Waals surface area contributed by atoms with E-state index in [1.807, 2.05) is 0 Å². The van der Waals surface area contributed by atoms with Gasteiger partial charge in [0.1, 0.15) is 5.75 Å². The Bertz CT molecular complexity index is 166. The largest absolute Gasteiger partial charge is 0.707 e. The summed E-state index contributed by atoms with van der Waals surface area (Å²) in [5, 5.41) is 18.0. The predicted molar refractivity (Wildman–Crippen MR) is 32.9 cm³/mol. The lowest BCUT2D eigenvalue weighted by Crippen LogP contribution is -2.20. The van der Waals surface area contributed by atoms with Crippen LogP contribution in [0.4, 0.5) is 0 Å². The molecule has 1 heterocycles. The summed E-state index contributed by atoms with van der Waals surface area (Å²) in [7, 11) is -1.75. The lowest BCUT2D eigenvalue weighted by Gasteiger charge is -1.96. The zero-order valence-electron chi connectivity index (χ0n) is 4.39. The minimum atomic E-state index is -1.75. The third kappa shape index (κ3) is 2.00. The maximum absolute atomic E-state index is 8.23. The molecular weight excluding hydrogens is 141 g/mol. The van der Waals surface area contributed by atoms with Crippen LogP contribution in [0.5, 0.6) is 5.75 Å². The molecular formula is C3H4BNO3S. The first-order valence-corrected chi connectivity index (χ1v) is 3.05. The maximum atomic E-state index is 8.23. The number of rotatable bonds is 2. The SMILES string of the molecule is OB(O)Oc1cnsc1. The fraction of sp³-hybridized carbons (Fsp3) is 0. The average Bonchev–Trinajstić information content (AvgIpc) is 2.15. The van der Waals surface area contributed by atoms with Crippen molar-refractivity contribution in [2.24, 2.45) is 0 Å². The normalized spacial score (nSPS) is 9.11. The quantitative estimate of drug-likeness (QED) is 0.550. The summed E-state index contributed by atoms with van der Waals surface area (Å²) in [6, 6.07) is 0. The summed E-state index contributed by atoms with van der Waals surface area (Å²) in [6.45, 7) is 0. The fourth-order valence-electron chi connectivity index (χ4n) is 0.375. The number of hydrogen-bond acceptors (Lipinski definition) is 5. The Labute approximate surface area is 56.1 Å². The van der Waals surface area contributed by atoms with Gasteiger partial charge in [-0.15, -0.1) is 0 Å². The van der Waals surface area contributed by atoms with Gasteiger partial charge in [-0.2, -0.15) is 4.37 Å². The zero-order valence-corrected chi connectivity index (χ0v) is 5.21. The van der Waals surface area contributed by atoms with Gasteiger partial charge in [0.15, 0.2) is 0 Å². The van der Waals surface area contributed by atoms with Crippen LogP contribution in [0.3, 0.4) is 0 Å². The van der Waals surface area contributed by atoms with Gasteiger partial charge in [-0.25, -0.2) is 0 Å². The minimum Gasteiger partial charge on any atom is -0.510 e. The van der Waals surface area contributed by atoms with E-state index in [4.69, 9.17) is 10.0 Å². The number of nitrogens with zero attached hydrogens (tertiary/aromatic N) is 1. The van der Waals surface area contributed by atoms with Crippen molar-refractivity contribution in [1.82, 2.24) is 4.37 Å². The van der Waals surface area contributed by atoms with Gasteiger partial charge in [-0.1, -0.05) is 0 Å². The Balaban J connectivity index is 2.48. The fourth-order valence-corrected chi connectivity index (χ4v) is 0.821. The van der Waals surface area contributed by atoms with Crippen molar-refractivity contribution in [2.75, 3.05) is 0 Å². The van der Waals surface area contributed by atoms with E-state index in [1.165, 1.54) is 17.7 Å². The highest BCUT2D eigenvalue weighted by Crippen LogP contribution is 2.10. The van der Waals surface area contributed by atoms with Crippen molar-refractivity contribution in [3.63, 3.8) is 0 Å². The summed E-state index contributed by atoms with van der Waals surface area (Å²) >= 11 is 1.18. The van der Waals surface area contributed by atoms with Crippen molar-refractivity contribution in [2.45, 2.75) is 0 Å². The van der Waals surface area contributed by atoms with Gasteiger partial charge in [0.25, 0.3) is 0 Å². The molecule has 6 heteroatoms. The van der Waals surface area contributed by atoms with Crippen molar-refractivity contribution in [3.8, 4) is 5.75 Å². The number of aromatic nitrogens is 1. The topological polar surface area (TPSA) is 62.6 Å². The van der Waals surface area contributed by atoms with Crippen molar-refractivity contribution < 1.29 is 14.7 Å². The molecule has 4 nitrogen and oxygen atoms in total. The lowest BCUT2D eigenvalue weighted by atomic mass is 10.3. The molecule has 48 valence electrons. The Morgan fingerprint density at radius 3 is 2.89 bits per heavy atom. The van der Waals surface area contributed by atoms with E-state index in [2.05, 4.69) is 9.03 Å². The second-order valence-electron chi connectivity index (χ2n) is 1.30. The van der Waals surface area contributed by atoms with Gasteiger partial charge in [0, 0.05) is 0 Å². The van der Waals surface area contributed by atoms with Gasteiger partial charge in [-0.05, 0) is 11.5 Å². The van der Waals surface area contributed by atoms with Crippen LogP contribution in [-0.4, -0.2) is 21.7 Å². The van der Waals surface area contributed by atoms with Crippen LogP contribution in [0.1, 0.15) is 0 Å². The second-order valence-corrected chi connectivity index (χ2v) is 1.96. The molecule has 0 saturated carbocycles. The van der Waals surface area contributed by atoms with Crippen LogP contribution in [0.25, 0.3) is 0 Å². The van der Waals surface area contributed by atoms with E-state index in [1.54, 1.807) is 5.38 Å². The van der Waals surface area contributed by atoms with E-state index in [-0.39, 0.29) is 0 Å². The lowest BCUT2D eigenvalue weighted by molar-refractivity contribution is 0.288. The highest BCUT2D eigenvalue weighted by atomic mass is 32.1. The molecule has 0 aliphatic carbocycles. The summed E-state index contributed by atoms with van der Waals surface area (Å²) in [5.74, 6) is 0.370. The van der Waals surface area contributed by atoms with E-state index in [9.17, 15) is 0 Å². The van der Waals surface area contributed by atoms with Gasteiger partial charge in [0.2, 0.25) is 0 Å². The first kappa shape index (κ1) is 6.53. The molecule has 9 heavy (non-hydrogen) atoms. The van der Waals surface area contributed by atoms with Crippen LogP contribution < -0.4 is 4.65 Å². The molecule has 2 N–H and O–H groups in total. The predicted octanol–water partition coefficient (Wildman–Crippen LogP) is -0.509. The molecule has 0 spiro atoms. The molecule has 1 rings (SSSR count). The number of hydrogen-bond donors (Lipinski definition) is 2. The van der Waals surface area contributed by atoms with Crippen molar-refractivity contribution in [1.29, 1.82) is 0 Å². The van der Waals surface area contributed by atoms with Gasteiger partial charge >= 0.3 is 7.32 Å². The third-order valence-corrected chi connectivity index (χ3v) is 1.22. The first-order valence-electron chi connectivity index (χ1n) is 2.21. The van der Waals surface area contributed by atoms with E-state index >= 15 is 0 Å². The van der Waals surface area contributed by atoms with Crippen LogP contribution in [0.2, 0.25) is 0 Å². The van der Waals surface area contributed by atoms with Crippen LogP contribution in [-0.2, 0) is 0 Å². The maximum Gasteiger partial charge on any atom is 0.707 e. The van der Waals surface area contributed by atoms with Crippen LogP contribution in [0, 0.1) is 0 Å². The summed E-state index contributed by atoms with van der Waals surface area (Å²) < 4.78 is 8.08. The third-order valence-electron chi connectivity index (χ3n) is 0.651. The zero-order chi connectivity index (χ0) is 6.69. The Morgan fingerprint density at radius 1 is 1.67 bits per heavy atom. The Morgan fingerprint density at radius 2 is 2.44 bits per heavy atom. The Hall–Kier alpha value is -0.585. The van der Waals surface area contributed by atoms with E-state index in [0.717, 1.165) is 0 Å². The monoisotopic (exact) mass is 145 g/mol. The van der Waals surface area contributed by atoms with Gasteiger partial charge < -0.3 is 14.7 Å². The molecule has 0 unspecified atom stereocenters. The van der Waals surface area contributed by atoms with Gasteiger partial charge in [0.05, 0.1) is 11.6 Å². The first-order chi connectivity index (χ1) is 4.29. The summed E-state index contributed by atoms with van der Waals surface area (Å²) in [5.41, 5.74) is 0.